The quantitative estimate of drug-likeness (QED) is 0.353. The van der Waals surface area contributed by atoms with Crippen LogP contribution in [0.4, 0.5) is 4.79 Å². The molecular formula is C17H18N2O5S. The summed E-state index contributed by atoms with van der Waals surface area (Å²) in [7, 11) is 0. The largest absolute Gasteiger partial charge is 0.490 e. The number of amides is 1. The molecule has 0 fully saturated rings. The lowest BCUT2D eigenvalue weighted by Gasteiger charge is -2.10. The van der Waals surface area contributed by atoms with E-state index in [2.05, 4.69) is 10.5 Å². The fraction of sp³-hybridized carbons (Fsp3) is 0.235. The van der Waals surface area contributed by atoms with Crippen LogP contribution in [0.3, 0.4) is 0 Å². The number of carbonyl (C=O) groups excluding carboxylic acids is 2. The van der Waals surface area contributed by atoms with E-state index in [-0.39, 0.29) is 6.61 Å². The number of esters is 1. The van der Waals surface area contributed by atoms with E-state index in [1.54, 1.807) is 42.6 Å². The van der Waals surface area contributed by atoms with Gasteiger partial charge in [0, 0.05) is 0 Å². The van der Waals surface area contributed by atoms with Gasteiger partial charge in [0.1, 0.15) is 4.88 Å². The second kappa shape index (κ2) is 9.43. The fourth-order valence-corrected chi connectivity index (χ4v) is 2.42. The van der Waals surface area contributed by atoms with Crippen LogP contribution in [0, 0.1) is 0 Å². The summed E-state index contributed by atoms with van der Waals surface area (Å²) < 4.78 is 15.6. The van der Waals surface area contributed by atoms with E-state index in [4.69, 9.17) is 14.2 Å². The highest BCUT2D eigenvalue weighted by Crippen LogP contribution is 2.29. The number of hydrogen-bond acceptors (Lipinski definition) is 7. The molecule has 1 N–H and O–H groups in total. The number of carbonyl (C=O) groups is 2. The second-order valence-electron chi connectivity index (χ2n) is 4.60. The molecule has 7 nitrogen and oxygen atoms in total. The molecule has 0 radical (unpaired) electrons. The van der Waals surface area contributed by atoms with Gasteiger partial charge >= 0.3 is 12.1 Å². The van der Waals surface area contributed by atoms with Gasteiger partial charge in [-0.1, -0.05) is 6.07 Å². The Hall–Kier alpha value is -2.87. The van der Waals surface area contributed by atoms with Crippen LogP contribution in [0.15, 0.2) is 40.8 Å². The van der Waals surface area contributed by atoms with Crippen LogP contribution < -0.4 is 14.9 Å². The number of hydrogen-bond donors (Lipinski definition) is 1. The highest BCUT2D eigenvalue weighted by atomic mass is 32.1. The number of nitrogens with one attached hydrogen (secondary N) is 1. The van der Waals surface area contributed by atoms with E-state index in [0.717, 1.165) is 0 Å². The summed E-state index contributed by atoms with van der Waals surface area (Å²) in [4.78, 5) is 23.7. The van der Waals surface area contributed by atoms with Gasteiger partial charge in [0.2, 0.25) is 0 Å². The van der Waals surface area contributed by atoms with E-state index >= 15 is 0 Å². The van der Waals surface area contributed by atoms with Gasteiger partial charge in [-0.15, -0.1) is 11.3 Å². The maximum absolute atomic E-state index is 12.1. The molecule has 0 spiro atoms. The normalized spacial score (nSPS) is 10.5. The molecule has 0 aliphatic carbocycles. The Morgan fingerprint density at radius 1 is 1.20 bits per heavy atom. The van der Waals surface area contributed by atoms with E-state index in [9.17, 15) is 9.59 Å². The smallest absolute Gasteiger partial charge is 0.427 e. The number of rotatable bonds is 7. The first-order valence-corrected chi connectivity index (χ1v) is 8.50. The molecule has 0 saturated carbocycles. The molecule has 8 heteroatoms. The topological polar surface area (TPSA) is 86.2 Å². The zero-order valence-corrected chi connectivity index (χ0v) is 14.7. The van der Waals surface area contributed by atoms with Crippen molar-refractivity contribution in [3.05, 3.63) is 46.2 Å². The molecule has 2 rings (SSSR count). The summed E-state index contributed by atoms with van der Waals surface area (Å²) >= 11 is 1.30. The molecular weight excluding hydrogens is 344 g/mol. The summed E-state index contributed by atoms with van der Waals surface area (Å²) in [6.45, 7) is 4.20. The highest BCUT2D eigenvalue weighted by Gasteiger charge is 2.13. The number of thiophene rings is 1. The van der Waals surface area contributed by atoms with Gasteiger partial charge in [-0.3, -0.25) is 0 Å². The summed E-state index contributed by atoms with van der Waals surface area (Å²) in [6.07, 6.45) is 0.801. The van der Waals surface area contributed by atoms with Crippen LogP contribution in [-0.4, -0.2) is 31.5 Å². The first kappa shape index (κ1) is 18.5. The Balaban J connectivity index is 2.09. The van der Waals surface area contributed by atoms with Gasteiger partial charge in [0.05, 0.1) is 19.4 Å². The summed E-state index contributed by atoms with van der Waals surface area (Å²) in [5.74, 6) is 0.282. The van der Waals surface area contributed by atoms with Crippen molar-refractivity contribution in [2.75, 3.05) is 13.2 Å². The molecule has 1 aromatic heterocycles. The number of ether oxygens (including phenoxy) is 3. The molecule has 0 unspecified atom stereocenters. The van der Waals surface area contributed by atoms with Crippen molar-refractivity contribution in [1.82, 2.24) is 5.43 Å². The van der Waals surface area contributed by atoms with Gasteiger partial charge in [0.25, 0.3) is 0 Å². The third kappa shape index (κ3) is 5.61. The van der Waals surface area contributed by atoms with Crippen molar-refractivity contribution in [3.63, 3.8) is 0 Å². The molecule has 0 bridgehead atoms. The van der Waals surface area contributed by atoms with Crippen molar-refractivity contribution in [1.29, 1.82) is 0 Å². The summed E-state index contributed by atoms with van der Waals surface area (Å²) in [5, 5.41) is 5.58. The third-order valence-corrected chi connectivity index (χ3v) is 3.69. The van der Waals surface area contributed by atoms with Crippen LogP contribution in [0.1, 0.15) is 29.1 Å². The van der Waals surface area contributed by atoms with Crippen LogP contribution in [0.25, 0.3) is 0 Å². The maximum atomic E-state index is 12.1. The van der Waals surface area contributed by atoms with Crippen molar-refractivity contribution >= 4 is 29.6 Å². The van der Waals surface area contributed by atoms with Gasteiger partial charge in [0.15, 0.2) is 11.5 Å². The molecule has 0 saturated heterocycles. The van der Waals surface area contributed by atoms with E-state index < -0.39 is 12.1 Å². The van der Waals surface area contributed by atoms with E-state index in [0.29, 0.717) is 28.5 Å². The summed E-state index contributed by atoms with van der Waals surface area (Å²) in [5.41, 5.74) is 2.90. The highest BCUT2D eigenvalue weighted by molar-refractivity contribution is 7.12. The molecule has 1 heterocycles. The van der Waals surface area contributed by atoms with Crippen LogP contribution in [0.5, 0.6) is 11.5 Å². The molecule has 0 atom stereocenters. The Labute approximate surface area is 149 Å². The zero-order valence-electron chi connectivity index (χ0n) is 13.9. The van der Waals surface area contributed by atoms with E-state index in [1.807, 2.05) is 6.92 Å². The van der Waals surface area contributed by atoms with Crippen LogP contribution in [0.2, 0.25) is 0 Å². The average molecular weight is 362 g/mol. The Bertz CT molecular complexity index is 744. The van der Waals surface area contributed by atoms with Crippen LogP contribution in [-0.2, 0) is 4.74 Å². The number of hydrazone groups is 1. The number of nitrogens with zero attached hydrogens (tertiary/aromatic N) is 1. The first-order chi connectivity index (χ1) is 12.1. The monoisotopic (exact) mass is 362 g/mol. The van der Waals surface area contributed by atoms with Gasteiger partial charge in [-0.25, -0.2) is 15.0 Å². The molecule has 25 heavy (non-hydrogen) atoms. The Morgan fingerprint density at radius 2 is 2.04 bits per heavy atom. The molecule has 0 aliphatic rings. The lowest BCUT2D eigenvalue weighted by molar-refractivity contribution is 0.0733. The first-order valence-electron chi connectivity index (χ1n) is 7.62. The fourth-order valence-electron chi connectivity index (χ4n) is 1.83. The van der Waals surface area contributed by atoms with Crippen molar-refractivity contribution < 1.29 is 23.8 Å². The Kier molecular flexibility index (Phi) is 6.97. The predicted molar refractivity (Wildman–Crippen MR) is 94.6 cm³/mol. The number of benzene rings is 1. The lowest BCUT2D eigenvalue weighted by atomic mass is 10.2. The van der Waals surface area contributed by atoms with Gasteiger partial charge in [-0.2, -0.15) is 5.10 Å². The molecule has 132 valence electrons. The van der Waals surface area contributed by atoms with Crippen molar-refractivity contribution in [2.24, 2.45) is 5.10 Å². The standard InChI is InChI=1S/C17H18N2O5S/c1-3-22-14-10-12(11-18-19-17(21)23-4-2)7-8-13(14)24-16(20)15-6-5-9-25-15/h5-11H,3-4H2,1-2H3,(H,19,21)/b18-11+. The second-order valence-corrected chi connectivity index (χ2v) is 5.54. The van der Waals surface area contributed by atoms with Gasteiger partial charge in [-0.05, 0) is 49.1 Å². The van der Waals surface area contributed by atoms with Crippen molar-refractivity contribution in [3.8, 4) is 11.5 Å². The molecule has 1 amide bonds. The lowest BCUT2D eigenvalue weighted by Crippen LogP contribution is -2.18. The minimum Gasteiger partial charge on any atom is -0.490 e. The SMILES string of the molecule is CCOC(=O)N/N=C/c1ccc(OC(=O)c2cccs2)c(OCC)c1. The van der Waals surface area contributed by atoms with Crippen LogP contribution >= 0.6 is 11.3 Å². The van der Waals surface area contributed by atoms with Gasteiger partial charge < -0.3 is 14.2 Å². The minimum absolute atomic E-state index is 0.264. The summed E-state index contributed by atoms with van der Waals surface area (Å²) in [6, 6.07) is 8.44. The Morgan fingerprint density at radius 3 is 2.72 bits per heavy atom. The minimum atomic E-state index is -0.634. The molecule has 0 aliphatic heterocycles. The average Bonchev–Trinajstić information content (AvgIpc) is 3.12. The predicted octanol–water partition coefficient (Wildman–Crippen LogP) is 3.45. The van der Waals surface area contributed by atoms with Crippen molar-refractivity contribution in [2.45, 2.75) is 13.8 Å². The molecule has 2 aromatic rings. The third-order valence-electron chi connectivity index (χ3n) is 2.84. The molecule has 1 aromatic carbocycles. The van der Waals surface area contributed by atoms with E-state index in [1.165, 1.54) is 17.6 Å². The zero-order chi connectivity index (χ0) is 18.1. The maximum Gasteiger partial charge on any atom is 0.427 e.